The van der Waals surface area contributed by atoms with Gasteiger partial charge in [0.15, 0.2) is 5.17 Å². The Morgan fingerprint density at radius 3 is 3.00 bits per heavy atom. The Balaban J connectivity index is 2.14. The fourth-order valence-corrected chi connectivity index (χ4v) is 4.33. The second-order valence-electron chi connectivity index (χ2n) is 5.88. The third-order valence-electron chi connectivity index (χ3n) is 4.24. The Kier molecular flexibility index (Phi) is 5.52. The summed E-state index contributed by atoms with van der Waals surface area (Å²) < 4.78 is 5.23. The minimum atomic E-state index is -0.519. The van der Waals surface area contributed by atoms with Gasteiger partial charge in [0, 0.05) is 18.4 Å². The quantitative estimate of drug-likeness (QED) is 0.436. The van der Waals surface area contributed by atoms with Crippen LogP contribution in [0.1, 0.15) is 31.9 Å². The number of hydrogen-bond donors (Lipinski definition) is 0. The summed E-state index contributed by atoms with van der Waals surface area (Å²) in [5.41, 5.74) is 1.43. The van der Waals surface area contributed by atoms with E-state index in [1.165, 1.54) is 12.1 Å². The van der Waals surface area contributed by atoms with Crippen LogP contribution in [0.2, 0.25) is 5.02 Å². The van der Waals surface area contributed by atoms with Crippen LogP contribution < -0.4 is 0 Å². The van der Waals surface area contributed by atoms with Crippen molar-refractivity contribution in [2.45, 2.75) is 26.3 Å². The molecule has 1 unspecified atom stereocenters. The van der Waals surface area contributed by atoms with Crippen molar-refractivity contribution in [1.82, 2.24) is 4.90 Å². The average molecular weight is 396 g/mol. The van der Waals surface area contributed by atoms with Crippen molar-refractivity contribution in [1.29, 1.82) is 0 Å². The van der Waals surface area contributed by atoms with Crippen molar-refractivity contribution in [3.63, 3.8) is 0 Å². The summed E-state index contributed by atoms with van der Waals surface area (Å²) in [6, 6.07) is 4.16. The maximum atomic E-state index is 12.6. The van der Waals surface area contributed by atoms with Crippen molar-refractivity contribution < 1.29 is 14.5 Å². The van der Waals surface area contributed by atoms with E-state index in [1.54, 1.807) is 31.7 Å². The predicted octanol–water partition coefficient (Wildman–Crippen LogP) is 3.93. The number of carbonyl (C=O) groups is 1. The molecule has 0 aromatic heterocycles. The Morgan fingerprint density at radius 2 is 2.31 bits per heavy atom. The molecule has 2 aliphatic heterocycles. The summed E-state index contributed by atoms with van der Waals surface area (Å²) in [4.78, 5) is 30.0. The molecule has 1 saturated heterocycles. The Morgan fingerprint density at radius 1 is 1.54 bits per heavy atom. The van der Waals surface area contributed by atoms with E-state index in [0.29, 0.717) is 23.4 Å². The summed E-state index contributed by atoms with van der Waals surface area (Å²) in [6.07, 6.45) is 0.936. The maximum Gasteiger partial charge on any atom is 0.338 e. The molecule has 26 heavy (non-hydrogen) atoms. The Bertz CT molecular complexity index is 824. The highest BCUT2D eigenvalue weighted by Gasteiger charge is 2.38. The van der Waals surface area contributed by atoms with Gasteiger partial charge >= 0.3 is 5.97 Å². The molecule has 0 saturated carbocycles. The molecule has 0 aliphatic carbocycles. The lowest BCUT2D eigenvalue weighted by Crippen LogP contribution is -2.42. The maximum absolute atomic E-state index is 12.6. The number of nitro groups is 1. The molecule has 138 valence electrons. The molecule has 1 aromatic carbocycles. The van der Waals surface area contributed by atoms with E-state index in [4.69, 9.17) is 16.3 Å². The number of nitrogens with zero attached hydrogens (tertiary/aromatic N) is 3. The number of carbonyl (C=O) groups excluding carboxylic acids is 1. The monoisotopic (exact) mass is 395 g/mol. The zero-order valence-electron chi connectivity index (χ0n) is 14.4. The van der Waals surface area contributed by atoms with E-state index >= 15 is 0 Å². The fourth-order valence-electron chi connectivity index (χ4n) is 3.12. The van der Waals surface area contributed by atoms with Gasteiger partial charge < -0.3 is 9.64 Å². The van der Waals surface area contributed by atoms with Crippen molar-refractivity contribution in [3.8, 4) is 0 Å². The minimum absolute atomic E-state index is 0.0647. The number of aliphatic imine (C=N–C) groups is 1. The van der Waals surface area contributed by atoms with E-state index in [2.05, 4.69) is 4.99 Å². The van der Waals surface area contributed by atoms with Gasteiger partial charge in [-0.15, -0.1) is 0 Å². The van der Waals surface area contributed by atoms with Crippen LogP contribution in [0.5, 0.6) is 0 Å². The van der Waals surface area contributed by atoms with Gasteiger partial charge in [0.2, 0.25) is 0 Å². The van der Waals surface area contributed by atoms with Crippen LogP contribution in [-0.4, -0.2) is 39.9 Å². The highest BCUT2D eigenvalue weighted by Crippen LogP contribution is 2.41. The number of rotatable bonds is 4. The van der Waals surface area contributed by atoms with Crippen LogP contribution in [0.15, 0.2) is 34.5 Å². The standard InChI is InChI=1S/C17H18ClN3O4S/c1-3-25-16(22)14-10(2)19-17-20(7-4-8-26-17)15(14)11-5-6-12(18)13(9-11)21(23)24/h5-6,9,15H,3-4,7-8H2,1-2H3. The van der Waals surface area contributed by atoms with Crippen LogP contribution in [0.3, 0.4) is 0 Å². The molecule has 2 aliphatic rings. The third kappa shape index (κ3) is 3.43. The second-order valence-corrected chi connectivity index (χ2v) is 7.35. The first-order valence-corrected chi connectivity index (χ1v) is 9.60. The van der Waals surface area contributed by atoms with Gasteiger partial charge in [-0.3, -0.25) is 10.1 Å². The molecule has 1 atom stereocenters. The number of thioether (sulfide) groups is 1. The molecule has 7 nitrogen and oxygen atoms in total. The van der Waals surface area contributed by atoms with Gasteiger partial charge in [-0.2, -0.15) is 0 Å². The first-order valence-electron chi connectivity index (χ1n) is 8.24. The first-order chi connectivity index (χ1) is 12.4. The topological polar surface area (TPSA) is 85.0 Å². The molecular weight excluding hydrogens is 378 g/mol. The SMILES string of the molecule is CCOC(=O)C1=C(C)N=C2SCCCN2C1c1ccc(Cl)c([N+](=O)[O-])c1. The van der Waals surface area contributed by atoms with E-state index in [-0.39, 0.29) is 17.3 Å². The highest BCUT2D eigenvalue weighted by molar-refractivity contribution is 8.13. The van der Waals surface area contributed by atoms with Gasteiger partial charge in [0.1, 0.15) is 5.02 Å². The first kappa shape index (κ1) is 18.7. The predicted molar refractivity (Wildman–Crippen MR) is 101 cm³/mol. The average Bonchev–Trinajstić information content (AvgIpc) is 2.61. The van der Waals surface area contributed by atoms with Gasteiger partial charge in [-0.25, -0.2) is 9.79 Å². The number of halogens is 1. The lowest BCUT2D eigenvalue weighted by Gasteiger charge is -2.40. The molecule has 9 heteroatoms. The number of fused-ring (bicyclic) bond motifs is 1. The molecule has 0 spiro atoms. The van der Waals surface area contributed by atoms with E-state index in [0.717, 1.165) is 17.3 Å². The van der Waals surface area contributed by atoms with Gasteiger partial charge in [0.05, 0.1) is 28.8 Å². The number of nitro benzene ring substituents is 1. The molecule has 0 radical (unpaired) electrons. The van der Waals surface area contributed by atoms with Crippen LogP contribution in [0.4, 0.5) is 5.69 Å². The number of benzene rings is 1. The molecule has 3 rings (SSSR count). The molecule has 1 fully saturated rings. The van der Waals surface area contributed by atoms with Gasteiger partial charge in [0.25, 0.3) is 5.69 Å². The fraction of sp³-hybridized carbons (Fsp3) is 0.412. The minimum Gasteiger partial charge on any atom is -0.463 e. The van der Waals surface area contributed by atoms with E-state index in [1.807, 2.05) is 4.90 Å². The van der Waals surface area contributed by atoms with Gasteiger partial charge in [-0.1, -0.05) is 29.4 Å². The van der Waals surface area contributed by atoms with Crippen LogP contribution in [0, 0.1) is 10.1 Å². The summed E-state index contributed by atoms with van der Waals surface area (Å²) in [7, 11) is 0. The summed E-state index contributed by atoms with van der Waals surface area (Å²) in [5, 5.41) is 12.2. The summed E-state index contributed by atoms with van der Waals surface area (Å²) in [5.74, 6) is 0.496. The molecular formula is C17H18ClN3O4S. The Labute approximate surface area is 160 Å². The molecule has 0 amide bonds. The molecule has 0 bridgehead atoms. The number of hydrogen-bond acceptors (Lipinski definition) is 7. The highest BCUT2D eigenvalue weighted by atomic mass is 35.5. The third-order valence-corrected chi connectivity index (χ3v) is 5.63. The van der Waals surface area contributed by atoms with Crippen LogP contribution in [-0.2, 0) is 9.53 Å². The summed E-state index contributed by atoms with van der Waals surface area (Å²) in [6.45, 7) is 4.46. The largest absolute Gasteiger partial charge is 0.463 e. The van der Waals surface area contributed by atoms with Crippen molar-refractivity contribution in [2.24, 2.45) is 4.99 Å². The lowest BCUT2D eigenvalue weighted by atomic mass is 9.94. The van der Waals surface area contributed by atoms with E-state index in [9.17, 15) is 14.9 Å². The van der Waals surface area contributed by atoms with Crippen LogP contribution in [0.25, 0.3) is 0 Å². The Hall–Kier alpha value is -2.06. The zero-order valence-corrected chi connectivity index (χ0v) is 16.0. The van der Waals surface area contributed by atoms with Gasteiger partial charge in [-0.05, 0) is 31.9 Å². The summed E-state index contributed by atoms with van der Waals surface area (Å²) >= 11 is 7.58. The van der Waals surface area contributed by atoms with E-state index < -0.39 is 16.9 Å². The number of allylic oxidation sites excluding steroid dienone is 1. The van der Waals surface area contributed by atoms with Crippen molar-refractivity contribution >= 4 is 40.2 Å². The normalized spacial score (nSPS) is 19.7. The second kappa shape index (κ2) is 7.67. The smallest absolute Gasteiger partial charge is 0.338 e. The zero-order chi connectivity index (χ0) is 18.8. The molecule has 0 N–H and O–H groups in total. The lowest BCUT2D eigenvalue weighted by molar-refractivity contribution is -0.384. The van der Waals surface area contributed by atoms with Crippen LogP contribution >= 0.6 is 23.4 Å². The molecule has 2 heterocycles. The van der Waals surface area contributed by atoms with Crippen molar-refractivity contribution in [2.75, 3.05) is 18.9 Å². The van der Waals surface area contributed by atoms with Crippen molar-refractivity contribution in [3.05, 3.63) is 50.2 Å². The number of esters is 1. The number of amidine groups is 1. The number of ether oxygens (including phenoxy) is 1. The molecule has 1 aromatic rings.